The van der Waals surface area contributed by atoms with Gasteiger partial charge < -0.3 is 15.2 Å². The number of rotatable bonds is 6. The largest absolute Gasteiger partial charge is 0.488 e. The molecule has 1 amide bonds. The van der Waals surface area contributed by atoms with Crippen LogP contribution in [-0.4, -0.2) is 27.8 Å². The molecular formula is C20H23NO4S. The van der Waals surface area contributed by atoms with E-state index in [1.807, 2.05) is 20.8 Å². The van der Waals surface area contributed by atoms with Gasteiger partial charge in [0.1, 0.15) is 16.6 Å². The number of hydrogen-bond donors (Lipinski definition) is 2. The van der Waals surface area contributed by atoms with Gasteiger partial charge in [-0.25, -0.2) is 0 Å². The first-order valence-electron chi connectivity index (χ1n) is 8.24. The number of aliphatic carboxylic acids is 1. The molecule has 2 N–H and O–H groups in total. The van der Waals surface area contributed by atoms with Crippen molar-refractivity contribution in [3.05, 3.63) is 54.1 Å². The van der Waals surface area contributed by atoms with Crippen molar-refractivity contribution in [3.8, 4) is 5.75 Å². The standard InChI is InChI=1S/C20H23NO4S/c1-13(19(23)24)26-17-8-6-5-7-16(17)18(22)21-14-9-11-15(12-10-14)25-20(2,3)4/h5-13H,1-4H3,(H,21,22)(H,23,24). The fourth-order valence-corrected chi connectivity index (χ4v) is 3.08. The summed E-state index contributed by atoms with van der Waals surface area (Å²) in [6.07, 6.45) is 0. The number of amides is 1. The van der Waals surface area contributed by atoms with E-state index >= 15 is 0 Å². The van der Waals surface area contributed by atoms with Crippen molar-refractivity contribution in [2.45, 2.75) is 43.4 Å². The van der Waals surface area contributed by atoms with Gasteiger partial charge >= 0.3 is 5.97 Å². The van der Waals surface area contributed by atoms with Gasteiger partial charge in [-0.3, -0.25) is 9.59 Å². The van der Waals surface area contributed by atoms with Crippen LogP contribution in [0.3, 0.4) is 0 Å². The van der Waals surface area contributed by atoms with Crippen LogP contribution in [0.2, 0.25) is 0 Å². The summed E-state index contributed by atoms with van der Waals surface area (Å²) in [5.74, 6) is -0.475. The average molecular weight is 373 g/mol. The molecule has 1 atom stereocenters. The van der Waals surface area contributed by atoms with Gasteiger partial charge in [0.15, 0.2) is 0 Å². The number of hydrogen-bond acceptors (Lipinski definition) is 4. The van der Waals surface area contributed by atoms with Crippen LogP contribution in [0, 0.1) is 0 Å². The zero-order valence-corrected chi connectivity index (χ0v) is 16.1. The van der Waals surface area contributed by atoms with Crippen LogP contribution in [0.15, 0.2) is 53.4 Å². The minimum absolute atomic E-state index is 0.282. The summed E-state index contributed by atoms with van der Waals surface area (Å²) in [6, 6.07) is 14.1. The number of nitrogens with one attached hydrogen (secondary N) is 1. The van der Waals surface area contributed by atoms with Crippen LogP contribution < -0.4 is 10.1 Å². The topological polar surface area (TPSA) is 75.6 Å². The van der Waals surface area contributed by atoms with E-state index in [-0.39, 0.29) is 11.5 Å². The molecule has 2 rings (SSSR count). The van der Waals surface area contributed by atoms with Crippen LogP contribution in [0.25, 0.3) is 0 Å². The molecule has 5 nitrogen and oxygen atoms in total. The quantitative estimate of drug-likeness (QED) is 0.719. The van der Waals surface area contributed by atoms with Gasteiger partial charge in [0, 0.05) is 10.6 Å². The summed E-state index contributed by atoms with van der Waals surface area (Å²) in [5.41, 5.74) is 0.796. The molecule has 0 aliphatic heterocycles. The van der Waals surface area contributed by atoms with Crippen molar-refractivity contribution in [1.82, 2.24) is 0 Å². The number of carboxylic acid groups (broad SMARTS) is 1. The van der Waals surface area contributed by atoms with Crippen LogP contribution in [0.4, 0.5) is 5.69 Å². The highest BCUT2D eigenvalue weighted by atomic mass is 32.2. The van der Waals surface area contributed by atoms with Crippen molar-refractivity contribution in [2.24, 2.45) is 0 Å². The smallest absolute Gasteiger partial charge is 0.316 e. The van der Waals surface area contributed by atoms with Crippen molar-refractivity contribution < 1.29 is 19.4 Å². The molecule has 0 aliphatic rings. The Morgan fingerprint density at radius 3 is 2.27 bits per heavy atom. The van der Waals surface area contributed by atoms with Gasteiger partial charge in [0.2, 0.25) is 0 Å². The van der Waals surface area contributed by atoms with Crippen molar-refractivity contribution in [1.29, 1.82) is 0 Å². The lowest BCUT2D eigenvalue weighted by atomic mass is 10.2. The Morgan fingerprint density at radius 1 is 1.08 bits per heavy atom. The van der Waals surface area contributed by atoms with Crippen molar-refractivity contribution in [3.63, 3.8) is 0 Å². The molecule has 0 heterocycles. The zero-order chi connectivity index (χ0) is 19.3. The van der Waals surface area contributed by atoms with Crippen molar-refractivity contribution >= 4 is 29.3 Å². The molecule has 0 spiro atoms. The number of benzene rings is 2. The van der Waals surface area contributed by atoms with E-state index in [2.05, 4.69) is 5.32 Å². The molecule has 0 bridgehead atoms. The fourth-order valence-electron chi connectivity index (χ4n) is 2.16. The second-order valence-corrected chi connectivity index (χ2v) is 8.17. The normalized spacial score (nSPS) is 12.3. The lowest BCUT2D eigenvalue weighted by Crippen LogP contribution is -2.22. The molecule has 0 saturated heterocycles. The second-order valence-electron chi connectivity index (χ2n) is 6.79. The summed E-state index contributed by atoms with van der Waals surface area (Å²) in [4.78, 5) is 24.3. The maximum absolute atomic E-state index is 12.6. The molecule has 6 heteroatoms. The molecule has 26 heavy (non-hydrogen) atoms. The number of ether oxygens (including phenoxy) is 1. The third-order valence-corrected chi connectivity index (χ3v) is 4.48. The Bertz CT molecular complexity index is 781. The van der Waals surface area contributed by atoms with Gasteiger partial charge in [-0.2, -0.15) is 0 Å². The average Bonchev–Trinajstić information content (AvgIpc) is 2.55. The minimum Gasteiger partial charge on any atom is -0.488 e. The number of carbonyl (C=O) groups is 2. The predicted molar refractivity (Wildman–Crippen MR) is 104 cm³/mol. The second kappa shape index (κ2) is 8.27. The van der Waals surface area contributed by atoms with Crippen molar-refractivity contribution in [2.75, 3.05) is 5.32 Å². The Morgan fingerprint density at radius 2 is 1.69 bits per heavy atom. The molecule has 2 aromatic carbocycles. The molecule has 0 aliphatic carbocycles. The highest BCUT2D eigenvalue weighted by Crippen LogP contribution is 2.28. The Kier molecular flexibility index (Phi) is 6.32. The van der Waals surface area contributed by atoms with Crippen LogP contribution >= 0.6 is 11.8 Å². The first kappa shape index (κ1) is 19.8. The number of carboxylic acids is 1. The van der Waals surface area contributed by atoms with Gasteiger partial charge in [0.05, 0.1) is 5.56 Å². The number of thioether (sulfide) groups is 1. The molecule has 0 radical (unpaired) electrons. The van der Waals surface area contributed by atoms with E-state index < -0.39 is 11.2 Å². The summed E-state index contributed by atoms with van der Waals surface area (Å²) >= 11 is 1.15. The first-order valence-corrected chi connectivity index (χ1v) is 9.12. The summed E-state index contributed by atoms with van der Waals surface area (Å²) < 4.78 is 5.76. The Balaban J connectivity index is 2.12. The maximum atomic E-state index is 12.6. The van der Waals surface area contributed by atoms with Gasteiger partial charge in [0.25, 0.3) is 5.91 Å². The number of carbonyl (C=O) groups excluding carboxylic acids is 1. The molecule has 0 aromatic heterocycles. The molecule has 138 valence electrons. The third kappa shape index (κ3) is 5.81. The summed E-state index contributed by atoms with van der Waals surface area (Å²) in [7, 11) is 0. The fraction of sp³-hybridized carbons (Fsp3) is 0.300. The van der Waals surface area contributed by atoms with E-state index in [0.29, 0.717) is 16.1 Å². The predicted octanol–water partition coefficient (Wildman–Crippen LogP) is 4.68. The summed E-state index contributed by atoms with van der Waals surface area (Å²) in [5, 5.41) is 11.3. The Hall–Kier alpha value is -2.47. The van der Waals surface area contributed by atoms with Crippen LogP contribution in [0.5, 0.6) is 5.75 Å². The molecular weight excluding hydrogens is 350 g/mol. The van der Waals surface area contributed by atoms with E-state index in [1.54, 1.807) is 55.5 Å². The van der Waals surface area contributed by atoms with E-state index in [1.165, 1.54) is 0 Å². The molecule has 0 saturated carbocycles. The maximum Gasteiger partial charge on any atom is 0.316 e. The molecule has 1 unspecified atom stereocenters. The van der Waals surface area contributed by atoms with Gasteiger partial charge in [-0.15, -0.1) is 11.8 Å². The monoisotopic (exact) mass is 373 g/mol. The number of anilines is 1. The Labute approximate surface area is 157 Å². The lowest BCUT2D eigenvalue weighted by molar-refractivity contribution is -0.136. The SMILES string of the molecule is CC(Sc1ccccc1C(=O)Nc1ccc(OC(C)(C)C)cc1)C(=O)O. The third-order valence-electron chi connectivity index (χ3n) is 3.32. The zero-order valence-electron chi connectivity index (χ0n) is 15.3. The minimum atomic E-state index is -0.917. The highest BCUT2D eigenvalue weighted by molar-refractivity contribution is 8.00. The van der Waals surface area contributed by atoms with E-state index in [4.69, 9.17) is 9.84 Å². The lowest BCUT2D eigenvalue weighted by Gasteiger charge is -2.21. The molecule has 2 aromatic rings. The van der Waals surface area contributed by atoms with Gasteiger partial charge in [-0.05, 0) is 64.1 Å². The first-order chi connectivity index (χ1) is 12.2. The van der Waals surface area contributed by atoms with Crippen LogP contribution in [-0.2, 0) is 4.79 Å². The van der Waals surface area contributed by atoms with E-state index in [9.17, 15) is 9.59 Å². The molecule has 0 fully saturated rings. The summed E-state index contributed by atoms with van der Waals surface area (Å²) in [6.45, 7) is 7.50. The van der Waals surface area contributed by atoms with E-state index in [0.717, 1.165) is 17.5 Å². The van der Waals surface area contributed by atoms with Gasteiger partial charge in [-0.1, -0.05) is 12.1 Å². The highest BCUT2D eigenvalue weighted by Gasteiger charge is 2.18. The van der Waals surface area contributed by atoms with Crippen LogP contribution in [0.1, 0.15) is 38.1 Å².